The first kappa shape index (κ1) is 17.8. The van der Waals surface area contributed by atoms with Crippen LogP contribution in [0.5, 0.6) is 5.75 Å². The van der Waals surface area contributed by atoms with E-state index in [1.165, 1.54) is 0 Å². The molecule has 1 aromatic heterocycles. The molecule has 128 valence electrons. The van der Waals surface area contributed by atoms with Gasteiger partial charge in [-0.1, -0.05) is 24.3 Å². The minimum Gasteiger partial charge on any atom is -0.496 e. The average Bonchev–Trinajstić information content (AvgIpc) is 2.62. The lowest BCUT2D eigenvalue weighted by atomic mass is 10.2. The van der Waals surface area contributed by atoms with Gasteiger partial charge in [0.05, 0.1) is 7.11 Å². The molecule has 0 atom stereocenters. The fourth-order valence-electron chi connectivity index (χ4n) is 2.46. The Morgan fingerprint density at radius 1 is 1.21 bits per heavy atom. The van der Waals surface area contributed by atoms with Gasteiger partial charge in [-0.3, -0.25) is 9.98 Å². The lowest BCUT2D eigenvalue weighted by molar-refractivity contribution is 0.396. The van der Waals surface area contributed by atoms with E-state index in [-0.39, 0.29) is 0 Å². The molecule has 0 fully saturated rings. The zero-order valence-corrected chi connectivity index (χ0v) is 14.7. The molecular formula is C19H26N4O. The number of aliphatic imine (C=N–C) groups is 1. The summed E-state index contributed by atoms with van der Waals surface area (Å²) in [6.45, 7) is 4.35. The van der Waals surface area contributed by atoms with E-state index in [1.807, 2.05) is 49.6 Å². The maximum absolute atomic E-state index is 5.43. The standard InChI is InChI=1S/C19H26N4O/c1-4-20-19(22-14-12-17-10-7-8-13-21-17)23(2)15-16-9-5-6-11-18(16)24-3/h5-11,13H,4,12,14-15H2,1-3H3,(H,20,22). The molecule has 0 radical (unpaired) electrons. The van der Waals surface area contributed by atoms with Crippen LogP contribution in [0.4, 0.5) is 0 Å². The van der Waals surface area contributed by atoms with Crippen molar-refractivity contribution in [3.63, 3.8) is 0 Å². The van der Waals surface area contributed by atoms with Crippen LogP contribution < -0.4 is 10.1 Å². The molecule has 1 aromatic carbocycles. The lowest BCUT2D eigenvalue weighted by Crippen LogP contribution is -2.38. The van der Waals surface area contributed by atoms with Gasteiger partial charge < -0.3 is 15.0 Å². The topological polar surface area (TPSA) is 49.8 Å². The van der Waals surface area contributed by atoms with E-state index in [9.17, 15) is 0 Å². The molecule has 2 aromatic rings. The molecule has 0 unspecified atom stereocenters. The second-order valence-electron chi connectivity index (χ2n) is 5.47. The quantitative estimate of drug-likeness (QED) is 0.628. The maximum Gasteiger partial charge on any atom is 0.193 e. The summed E-state index contributed by atoms with van der Waals surface area (Å²) >= 11 is 0. The maximum atomic E-state index is 5.43. The zero-order valence-electron chi connectivity index (χ0n) is 14.7. The van der Waals surface area contributed by atoms with Crippen molar-refractivity contribution < 1.29 is 4.74 Å². The number of hydrogen-bond donors (Lipinski definition) is 1. The van der Waals surface area contributed by atoms with Crippen molar-refractivity contribution >= 4 is 5.96 Å². The highest BCUT2D eigenvalue weighted by Gasteiger charge is 2.09. The molecule has 1 N–H and O–H groups in total. The van der Waals surface area contributed by atoms with Crippen molar-refractivity contribution in [1.29, 1.82) is 0 Å². The molecule has 0 spiro atoms. The van der Waals surface area contributed by atoms with Crippen molar-refractivity contribution in [2.75, 3.05) is 27.2 Å². The number of hydrogen-bond acceptors (Lipinski definition) is 3. The number of guanidine groups is 1. The number of aromatic nitrogens is 1. The first-order chi connectivity index (χ1) is 11.7. The van der Waals surface area contributed by atoms with Crippen LogP contribution in [0.15, 0.2) is 53.7 Å². The van der Waals surface area contributed by atoms with E-state index in [0.29, 0.717) is 6.54 Å². The Bertz CT molecular complexity index is 643. The summed E-state index contributed by atoms with van der Waals surface area (Å²) in [5.74, 6) is 1.79. The minimum absolute atomic E-state index is 0.704. The summed E-state index contributed by atoms with van der Waals surface area (Å²) in [7, 11) is 3.74. The molecule has 0 aliphatic heterocycles. The summed E-state index contributed by atoms with van der Waals surface area (Å²) in [6.07, 6.45) is 2.65. The molecule has 0 saturated carbocycles. The predicted octanol–water partition coefficient (Wildman–Crippen LogP) is 2.73. The molecule has 0 aliphatic rings. The highest BCUT2D eigenvalue weighted by atomic mass is 16.5. The van der Waals surface area contributed by atoms with Crippen molar-refractivity contribution in [3.8, 4) is 5.75 Å². The van der Waals surface area contributed by atoms with Crippen LogP contribution in [0.3, 0.4) is 0 Å². The van der Waals surface area contributed by atoms with E-state index in [2.05, 4.69) is 28.2 Å². The number of nitrogens with one attached hydrogen (secondary N) is 1. The molecule has 1 heterocycles. The number of rotatable bonds is 7. The molecule has 5 nitrogen and oxygen atoms in total. The van der Waals surface area contributed by atoms with Crippen LogP contribution >= 0.6 is 0 Å². The fourth-order valence-corrected chi connectivity index (χ4v) is 2.46. The summed E-state index contributed by atoms with van der Waals surface area (Å²) in [5, 5.41) is 3.34. The van der Waals surface area contributed by atoms with Gasteiger partial charge in [-0.15, -0.1) is 0 Å². The molecule has 2 rings (SSSR count). The minimum atomic E-state index is 0.704. The van der Waals surface area contributed by atoms with Crippen molar-refractivity contribution in [2.24, 2.45) is 4.99 Å². The Labute approximate surface area is 144 Å². The summed E-state index contributed by atoms with van der Waals surface area (Å²) in [5.41, 5.74) is 2.20. The van der Waals surface area contributed by atoms with Gasteiger partial charge >= 0.3 is 0 Å². The Morgan fingerprint density at radius 2 is 2.00 bits per heavy atom. The van der Waals surface area contributed by atoms with E-state index in [1.54, 1.807) is 7.11 Å². The first-order valence-electron chi connectivity index (χ1n) is 8.25. The van der Waals surface area contributed by atoms with Crippen LogP contribution in [0, 0.1) is 0 Å². The van der Waals surface area contributed by atoms with Gasteiger partial charge in [0.1, 0.15) is 5.75 Å². The fraction of sp³-hybridized carbons (Fsp3) is 0.368. The molecule has 0 saturated heterocycles. The molecule has 0 aliphatic carbocycles. The Balaban J connectivity index is 2.01. The van der Waals surface area contributed by atoms with Gasteiger partial charge in [-0.05, 0) is 25.1 Å². The molecule has 0 amide bonds. The van der Waals surface area contributed by atoms with Crippen LogP contribution in [0.25, 0.3) is 0 Å². The van der Waals surface area contributed by atoms with Gasteiger partial charge in [0.2, 0.25) is 0 Å². The third-order valence-corrected chi connectivity index (χ3v) is 3.65. The van der Waals surface area contributed by atoms with Gasteiger partial charge in [0.25, 0.3) is 0 Å². The molecular weight excluding hydrogens is 300 g/mol. The third-order valence-electron chi connectivity index (χ3n) is 3.65. The number of pyridine rings is 1. The van der Waals surface area contributed by atoms with Gasteiger partial charge in [0.15, 0.2) is 5.96 Å². The number of para-hydroxylation sites is 1. The summed E-state index contributed by atoms with van der Waals surface area (Å²) in [6, 6.07) is 14.0. The number of benzene rings is 1. The zero-order chi connectivity index (χ0) is 17.2. The van der Waals surface area contributed by atoms with Crippen LogP contribution in [0.2, 0.25) is 0 Å². The SMILES string of the molecule is CCNC(=NCCc1ccccn1)N(C)Cc1ccccc1OC. The second-order valence-corrected chi connectivity index (χ2v) is 5.47. The van der Waals surface area contributed by atoms with E-state index in [0.717, 1.165) is 42.5 Å². The lowest BCUT2D eigenvalue weighted by Gasteiger charge is -2.23. The van der Waals surface area contributed by atoms with Gasteiger partial charge in [0, 0.05) is 50.6 Å². The highest BCUT2D eigenvalue weighted by molar-refractivity contribution is 5.79. The number of methoxy groups -OCH3 is 1. The largest absolute Gasteiger partial charge is 0.496 e. The van der Waals surface area contributed by atoms with Crippen LogP contribution in [0.1, 0.15) is 18.2 Å². The van der Waals surface area contributed by atoms with Crippen LogP contribution in [-0.4, -0.2) is 43.1 Å². The highest BCUT2D eigenvalue weighted by Crippen LogP contribution is 2.18. The Morgan fingerprint density at radius 3 is 2.71 bits per heavy atom. The number of ether oxygens (including phenoxy) is 1. The smallest absolute Gasteiger partial charge is 0.193 e. The van der Waals surface area contributed by atoms with Crippen molar-refractivity contribution in [1.82, 2.24) is 15.2 Å². The van der Waals surface area contributed by atoms with Gasteiger partial charge in [-0.2, -0.15) is 0 Å². The molecule has 24 heavy (non-hydrogen) atoms. The second kappa shape index (κ2) is 9.55. The van der Waals surface area contributed by atoms with Crippen molar-refractivity contribution in [2.45, 2.75) is 19.9 Å². The van der Waals surface area contributed by atoms with E-state index >= 15 is 0 Å². The summed E-state index contributed by atoms with van der Waals surface area (Å²) in [4.78, 5) is 11.2. The van der Waals surface area contributed by atoms with Crippen LogP contribution in [-0.2, 0) is 13.0 Å². The van der Waals surface area contributed by atoms with Crippen molar-refractivity contribution in [3.05, 3.63) is 59.9 Å². The Kier molecular flexibility index (Phi) is 7.08. The Hall–Kier alpha value is -2.56. The normalized spacial score (nSPS) is 11.2. The third kappa shape index (κ3) is 5.26. The average molecular weight is 326 g/mol. The predicted molar refractivity (Wildman–Crippen MR) is 98.4 cm³/mol. The number of nitrogens with zero attached hydrogens (tertiary/aromatic N) is 3. The van der Waals surface area contributed by atoms with Gasteiger partial charge in [-0.25, -0.2) is 0 Å². The van der Waals surface area contributed by atoms with E-state index in [4.69, 9.17) is 9.73 Å². The first-order valence-corrected chi connectivity index (χ1v) is 8.25. The molecule has 0 bridgehead atoms. The monoisotopic (exact) mass is 326 g/mol. The van der Waals surface area contributed by atoms with E-state index < -0.39 is 0 Å². The molecule has 5 heteroatoms. The summed E-state index contributed by atoms with van der Waals surface area (Å²) < 4.78 is 5.43.